The molecule has 0 radical (unpaired) electrons. The Labute approximate surface area is 115 Å². The smallest absolute Gasteiger partial charge is 0.0743 e. The number of hydrogen-bond donors (Lipinski definition) is 1. The monoisotopic (exact) mass is 260 g/mol. The summed E-state index contributed by atoms with van der Waals surface area (Å²) in [4.78, 5) is 2.55. The van der Waals surface area contributed by atoms with Crippen molar-refractivity contribution in [3.63, 3.8) is 0 Å². The molecule has 3 atom stereocenters. The number of ether oxygens (including phenoxy) is 1. The summed E-state index contributed by atoms with van der Waals surface area (Å²) in [6.07, 6.45) is 3.97. The van der Waals surface area contributed by atoms with E-state index >= 15 is 0 Å². The van der Waals surface area contributed by atoms with Crippen molar-refractivity contribution in [2.45, 2.75) is 37.3 Å². The molecule has 0 amide bonds. The average molecular weight is 260 g/mol. The normalized spacial score (nSPS) is 29.7. The lowest BCUT2D eigenvalue weighted by Gasteiger charge is -2.31. The molecule has 2 heterocycles. The number of benzene rings is 1. The fraction of sp³-hybridized carbons (Fsp3) is 0.625. The van der Waals surface area contributed by atoms with Crippen molar-refractivity contribution >= 4 is 0 Å². The second-order valence-corrected chi connectivity index (χ2v) is 5.75. The number of hydrogen-bond acceptors (Lipinski definition) is 3. The molecule has 3 nitrogen and oxygen atoms in total. The van der Waals surface area contributed by atoms with Crippen LogP contribution in [0.3, 0.4) is 0 Å². The summed E-state index contributed by atoms with van der Waals surface area (Å²) in [6.45, 7) is 3.91. The fourth-order valence-electron chi connectivity index (χ4n) is 3.53. The highest BCUT2D eigenvalue weighted by atomic mass is 16.5. The van der Waals surface area contributed by atoms with Gasteiger partial charge in [-0.3, -0.25) is 4.90 Å². The Hall–Kier alpha value is -0.900. The third kappa shape index (κ3) is 2.83. The molecule has 104 valence electrons. The van der Waals surface area contributed by atoms with E-state index in [9.17, 15) is 0 Å². The standard InChI is InChI=1S/C16H24N2O/c17-11-15(16-7-4-10-19-16)18-9-8-14(12-18)13-5-2-1-3-6-13/h1-3,5-6,14-16H,4,7-12,17H2. The number of likely N-dealkylation sites (tertiary alicyclic amines) is 1. The highest BCUT2D eigenvalue weighted by Crippen LogP contribution is 2.30. The molecule has 3 heteroatoms. The molecular formula is C16H24N2O. The topological polar surface area (TPSA) is 38.5 Å². The molecule has 0 aliphatic carbocycles. The zero-order valence-corrected chi connectivity index (χ0v) is 11.5. The minimum absolute atomic E-state index is 0.361. The summed E-state index contributed by atoms with van der Waals surface area (Å²) in [6, 6.07) is 11.3. The van der Waals surface area contributed by atoms with Crippen LogP contribution in [-0.4, -0.2) is 43.3 Å². The fourth-order valence-corrected chi connectivity index (χ4v) is 3.53. The number of rotatable bonds is 4. The van der Waals surface area contributed by atoms with E-state index in [1.165, 1.54) is 24.8 Å². The van der Waals surface area contributed by atoms with Gasteiger partial charge in [-0.2, -0.15) is 0 Å². The highest BCUT2D eigenvalue weighted by molar-refractivity contribution is 5.21. The second kappa shape index (κ2) is 6.04. The van der Waals surface area contributed by atoms with E-state index < -0.39 is 0 Å². The van der Waals surface area contributed by atoms with Crippen LogP contribution in [-0.2, 0) is 4.74 Å². The number of nitrogens with zero attached hydrogens (tertiary/aromatic N) is 1. The van der Waals surface area contributed by atoms with Crippen molar-refractivity contribution in [2.24, 2.45) is 5.73 Å². The van der Waals surface area contributed by atoms with Gasteiger partial charge in [0.05, 0.1) is 6.10 Å². The molecule has 2 saturated heterocycles. The van der Waals surface area contributed by atoms with Gasteiger partial charge in [0.25, 0.3) is 0 Å². The van der Waals surface area contributed by atoms with Gasteiger partial charge in [-0.25, -0.2) is 0 Å². The molecule has 1 aromatic rings. The van der Waals surface area contributed by atoms with E-state index in [1.54, 1.807) is 0 Å². The zero-order valence-electron chi connectivity index (χ0n) is 11.5. The van der Waals surface area contributed by atoms with E-state index in [0.29, 0.717) is 24.6 Å². The molecule has 0 aromatic heterocycles. The van der Waals surface area contributed by atoms with E-state index in [-0.39, 0.29) is 0 Å². The van der Waals surface area contributed by atoms with Gasteiger partial charge in [-0.15, -0.1) is 0 Å². The van der Waals surface area contributed by atoms with Gasteiger partial charge in [0, 0.05) is 25.7 Å². The van der Waals surface area contributed by atoms with Crippen LogP contribution in [0.4, 0.5) is 0 Å². The molecule has 0 bridgehead atoms. The summed E-state index contributed by atoms with van der Waals surface area (Å²) in [7, 11) is 0. The Morgan fingerprint density at radius 3 is 2.79 bits per heavy atom. The predicted molar refractivity (Wildman–Crippen MR) is 77.2 cm³/mol. The first-order chi connectivity index (χ1) is 9.38. The van der Waals surface area contributed by atoms with Crippen molar-refractivity contribution in [3.05, 3.63) is 35.9 Å². The van der Waals surface area contributed by atoms with E-state index in [0.717, 1.165) is 19.7 Å². The SMILES string of the molecule is NCC(C1CCCO1)N1CCC(c2ccccc2)C1. The third-order valence-electron chi connectivity index (χ3n) is 4.60. The Morgan fingerprint density at radius 2 is 2.11 bits per heavy atom. The van der Waals surface area contributed by atoms with E-state index in [2.05, 4.69) is 35.2 Å². The first kappa shape index (κ1) is 13.1. The van der Waals surface area contributed by atoms with Gasteiger partial charge in [-0.05, 0) is 37.3 Å². The van der Waals surface area contributed by atoms with Crippen LogP contribution in [0.25, 0.3) is 0 Å². The molecule has 2 N–H and O–H groups in total. The largest absolute Gasteiger partial charge is 0.377 e. The Kier molecular flexibility index (Phi) is 4.16. The lowest BCUT2D eigenvalue weighted by molar-refractivity contribution is 0.0361. The van der Waals surface area contributed by atoms with Gasteiger partial charge in [0.1, 0.15) is 0 Å². The molecule has 19 heavy (non-hydrogen) atoms. The molecule has 0 spiro atoms. The lowest BCUT2D eigenvalue weighted by Crippen LogP contribution is -2.47. The lowest BCUT2D eigenvalue weighted by atomic mass is 9.98. The maximum Gasteiger partial charge on any atom is 0.0743 e. The average Bonchev–Trinajstić information content (AvgIpc) is 3.12. The Balaban J connectivity index is 1.64. The minimum atomic E-state index is 0.361. The third-order valence-corrected chi connectivity index (χ3v) is 4.60. The van der Waals surface area contributed by atoms with Crippen LogP contribution in [0.1, 0.15) is 30.7 Å². The molecule has 1 aromatic carbocycles. The van der Waals surface area contributed by atoms with Crippen molar-refractivity contribution in [3.8, 4) is 0 Å². The van der Waals surface area contributed by atoms with Gasteiger partial charge < -0.3 is 10.5 Å². The van der Waals surface area contributed by atoms with Gasteiger partial charge in [-0.1, -0.05) is 30.3 Å². The zero-order chi connectivity index (χ0) is 13.1. The summed E-state index contributed by atoms with van der Waals surface area (Å²) < 4.78 is 5.84. The summed E-state index contributed by atoms with van der Waals surface area (Å²) in [5.74, 6) is 0.664. The van der Waals surface area contributed by atoms with Crippen LogP contribution in [0.2, 0.25) is 0 Å². The van der Waals surface area contributed by atoms with E-state index in [4.69, 9.17) is 10.5 Å². The van der Waals surface area contributed by atoms with Crippen LogP contribution in [0.5, 0.6) is 0 Å². The quantitative estimate of drug-likeness (QED) is 0.899. The van der Waals surface area contributed by atoms with Crippen LogP contribution in [0.15, 0.2) is 30.3 Å². The van der Waals surface area contributed by atoms with Crippen LogP contribution >= 0.6 is 0 Å². The molecule has 3 unspecified atom stereocenters. The summed E-state index contributed by atoms with van der Waals surface area (Å²) in [5.41, 5.74) is 7.46. The Morgan fingerprint density at radius 1 is 1.26 bits per heavy atom. The Bertz CT molecular complexity index is 389. The summed E-state index contributed by atoms with van der Waals surface area (Å²) in [5, 5.41) is 0. The molecule has 2 aliphatic heterocycles. The van der Waals surface area contributed by atoms with Crippen molar-refractivity contribution in [1.29, 1.82) is 0 Å². The molecule has 0 saturated carbocycles. The van der Waals surface area contributed by atoms with Crippen LogP contribution < -0.4 is 5.73 Å². The van der Waals surface area contributed by atoms with Crippen LogP contribution in [0, 0.1) is 0 Å². The maximum absolute atomic E-state index is 5.99. The van der Waals surface area contributed by atoms with Gasteiger partial charge in [0.15, 0.2) is 0 Å². The first-order valence-corrected chi connectivity index (χ1v) is 7.49. The van der Waals surface area contributed by atoms with Gasteiger partial charge >= 0.3 is 0 Å². The first-order valence-electron chi connectivity index (χ1n) is 7.49. The molecular weight excluding hydrogens is 236 g/mol. The number of nitrogens with two attached hydrogens (primary N) is 1. The minimum Gasteiger partial charge on any atom is -0.377 e. The predicted octanol–water partition coefficient (Wildman–Crippen LogP) is 1.98. The summed E-state index contributed by atoms with van der Waals surface area (Å²) >= 11 is 0. The highest BCUT2D eigenvalue weighted by Gasteiger charge is 2.34. The van der Waals surface area contributed by atoms with Crippen molar-refractivity contribution in [1.82, 2.24) is 4.90 Å². The second-order valence-electron chi connectivity index (χ2n) is 5.75. The molecule has 3 rings (SSSR count). The molecule has 2 fully saturated rings. The maximum atomic E-state index is 5.99. The van der Waals surface area contributed by atoms with Crippen molar-refractivity contribution < 1.29 is 4.74 Å². The van der Waals surface area contributed by atoms with E-state index in [1.807, 2.05) is 0 Å². The van der Waals surface area contributed by atoms with Gasteiger partial charge in [0.2, 0.25) is 0 Å². The molecule has 2 aliphatic rings. The van der Waals surface area contributed by atoms with Crippen molar-refractivity contribution in [2.75, 3.05) is 26.2 Å².